The van der Waals surface area contributed by atoms with Gasteiger partial charge in [-0.2, -0.15) is 0 Å². The van der Waals surface area contributed by atoms with Crippen LogP contribution < -0.4 is 10.2 Å². The first-order valence-corrected chi connectivity index (χ1v) is 10.9. The summed E-state index contributed by atoms with van der Waals surface area (Å²) in [6.45, 7) is 4.24. The Morgan fingerprint density at radius 1 is 0.806 bits per heavy atom. The van der Waals surface area contributed by atoms with E-state index >= 15 is 0 Å². The zero-order valence-corrected chi connectivity index (χ0v) is 18.4. The number of para-hydroxylation sites is 1. The third-order valence-corrected chi connectivity index (χ3v) is 6.15. The van der Waals surface area contributed by atoms with E-state index in [1.165, 1.54) is 17.0 Å². The summed E-state index contributed by atoms with van der Waals surface area (Å²) in [6.07, 6.45) is 1.84. The fourth-order valence-electron chi connectivity index (χ4n) is 4.36. The Balaban J connectivity index is 1.70. The lowest BCUT2D eigenvalue weighted by Gasteiger charge is -2.29. The van der Waals surface area contributed by atoms with Gasteiger partial charge in [-0.3, -0.25) is 4.98 Å². The highest BCUT2D eigenvalue weighted by atomic mass is 32.1. The van der Waals surface area contributed by atoms with Gasteiger partial charge in [0.05, 0.1) is 11.7 Å². The second-order valence-electron chi connectivity index (χ2n) is 7.90. The van der Waals surface area contributed by atoms with Crippen LogP contribution in [-0.4, -0.2) is 14.7 Å². The number of nitrogens with one attached hydrogen (secondary N) is 1. The van der Waals surface area contributed by atoms with Gasteiger partial charge in [-0.05, 0) is 74.6 Å². The number of aromatic nitrogens is 2. The van der Waals surface area contributed by atoms with Gasteiger partial charge < -0.3 is 14.8 Å². The monoisotopic (exact) mass is 424 g/mol. The van der Waals surface area contributed by atoms with Crippen LogP contribution in [0.5, 0.6) is 0 Å². The van der Waals surface area contributed by atoms with E-state index in [-0.39, 0.29) is 12.1 Å². The van der Waals surface area contributed by atoms with Crippen molar-refractivity contribution in [3.05, 3.63) is 114 Å². The van der Waals surface area contributed by atoms with Crippen LogP contribution >= 0.6 is 12.2 Å². The molecule has 1 N–H and O–H groups in total. The molecule has 0 radical (unpaired) electrons. The van der Waals surface area contributed by atoms with Crippen molar-refractivity contribution in [1.29, 1.82) is 0 Å². The summed E-state index contributed by atoms with van der Waals surface area (Å²) in [6, 6.07) is 29.3. The molecule has 1 aliphatic rings. The number of hydrogen-bond acceptors (Lipinski definition) is 2. The van der Waals surface area contributed by atoms with Crippen LogP contribution in [0, 0.1) is 13.8 Å². The maximum Gasteiger partial charge on any atom is 0.174 e. The second kappa shape index (κ2) is 8.00. The molecule has 0 saturated carbocycles. The molecule has 5 rings (SSSR count). The Labute approximate surface area is 188 Å². The van der Waals surface area contributed by atoms with Crippen LogP contribution in [0.2, 0.25) is 0 Å². The molecule has 2 atom stereocenters. The topological polar surface area (TPSA) is 33.1 Å². The highest BCUT2D eigenvalue weighted by Gasteiger charge is 2.42. The lowest BCUT2D eigenvalue weighted by Crippen LogP contribution is -2.30. The van der Waals surface area contributed by atoms with Gasteiger partial charge in [-0.25, -0.2) is 0 Å². The molecule has 4 nitrogen and oxygen atoms in total. The van der Waals surface area contributed by atoms with Gasteiger partial charge in [0.25, 0.3) is 0 Å². The zero-order chi connectivity index (χ0) is 21.4. The van der Waals surface area contributed by atoms with Crippen LogP contribution in [-0.2, 0) is 0 Å². The lowest BCUT2D eigenvalue weighted by molar-refractivity contribution is 0.548. The molecule has 4 aromatic rings. The number of nitrogens with zero attached hydrogens (tertiary/aromatic N) is 3. The van der Waals surface area contributed by atoms with E-state index in [0.29, 0.717) is 5.11 Å². The van der Waals surface area contributed by atoms with Crippen LogP contribution in [0.25, 0.3) is 5.69 Å². The van der Waals surface area contributed by atoms with E-state index in [0.717, 1.165) is 17.1 Å². The summed E-state index contributed by atoms with van der Waals surface area (Å²) in [4.78, 5) is 6.89. The van der Waals surface area contributed by atoms with Crippen molar-refractivity contribution in [3.8, 4) is 5.69 Å². The minimum absolute atomic E-state index is 0.0426. The Hall–Kier alpha value is -3.44. The summed E-state index contributed by atoms with van der Waals surface area (Å²) < 4.78 is 2.32. The normalized spacial score (nSPS) is 18.3. The van der Waals surface area contributed by atoms with Gasteiger partial charge >= 0.3 is 0 Å². The van der Waals surface area contributed by atoms with E-state index in [2.05, 4.69) is 100 Å². The first kappa shape index (κ1) is 19.5. The summed E-state index contributed by atoms with van der Waals surface area (Å²) in [5.74, 6) is 0. The molecule has 3 heterocycles. The standard InChI is InChI=1S/C26H24N4S/c1-18-11-14-21(15-12-18)30-25(24(28-26(30)31)22-10-6-7-17-27-22)23-16-13-19(2)29(23)20-8-4-3-5-9-20/h3-17,24-25H,1-2H3,(H,28,31). The molecule has 2 aromatic heterocycles. The number of thiocarbonyl (C=S) groups is 1. The van der Waals surface area contributed by atoms with E-state index in [9.17, 15) is 0 Å². The molecule has 0 spiro atoms. The molecule has 1 saturated heterocycles. The van der Waals surface area contributed by atoms with Crippen molar-refractivity contribution in [3.63, 3.8) is 0 Å². The molecule has 0 amide bonds. The molecule has 2 unspecified atom stereocenters. The third-order valence-electron chi connectivity index (χ3n) is 5.83. The summed E-state index contributed by atoms with van der Waals surface area (Å²) in [5.41, 5.74) is 6.77. The van der Waals surface area contributed by atoms with Crippen molar-refractivity contribution in [2.45, 2.75) is 25.9 Å². The number of anilines is 1. The maximum atomic E-state index is 5.85. The minimum atomic E-state index is -0.0632. The van der Waals surface area contributed by atoms with E-state index in [1.54, 1.807) is 0 Å². The summed E-state index contributed by atoms with van der Waals surface area (Å²) >= 11 is 5.85. The van der Waals surface area contributed by atoms with Gasteiger partial charge in [-0.15, -0.1) is 0 Å². The number of rotatable bonds is 4. The molecular weight excluding hydrogens is 400 g/mol. The zero-order valence-electron chi connectivity index (χ0n) is 17.6. The summed E-state index contributed by atoms with van der Waals surface area (Å²) in [7, 11) is 0. The molecular formula is C26H24N4S. The van der Waals surface area contributed by atoms with Crippen molar-refractivity contribution in [2.24, 2.45) is 0 Å². The smallest absolute Gasteiger partial charge is 0.174 e. The number of aryl methyl sites for hydroxylation is 2. The largest absolute Gasteiger partial charge is 0.351 e. The highest BCUT2D eigenvalue weighted by molar-refractivity contribution is 7.80. The Bertz CT molecular complexity index is 1200. The minimum Gasteiger partial charge on any atom is -0.351 e. The number of hydrogen-bond donors (Lipinski definition) is 1. The van der Waals surface area contributed by atoms with Crippen molar-refractivity contribution >= 4 is 23.0 Å². The van der Waals surface area contributed by atoms with E-state index in [1.807, 2.05) is 24.4 Å². The van der Waals surface area contributed by atoms with E-state index in [4.69, 9.17) is 12.2 Å². The SMILES string of the molecule is Cc1ccc(N2C(=S)NC(c3ccccn3)C2c2ccc(C)n2-c2ccccc2)cc1. The van der Waals surface area contributed by atoms with E-state index < -0.39 is 0 Å². The number of benzene rings is 2. The second-order valence-corrected chi connectivity index (χ2v) is 8.29. The Kier molecular flexibility index (Phi) is 5.04. The first-order chi connectivity index (χ1) is 15.1. The van der Waals surface area contributed by atoms with Gasteiger partial charge in [-0.1, -0.05) is 42.0 Å². The average molecular weight is 425 g/mol. The molecule has 31 heavy (non-hydrogen) atoms. The molecule has 1 fully saturated rings. The maximum absolute atomic E-state index is 5.85. The Morgan fingerprint density at radius 3 is 2.26 bits per heavy atom. The predicted molar refractivity (Wildman–Crippen MR) is 130 cm³/mol. The van der Waals surface area contributed by atoms with Crippen molar-refractivity contribution in [2.75, 3.05) is 4.90 Å². The van der Waals surface area contributed by atoms with Crippen molar-refractivity contribution in [1.82, 2.24) is 14.9 Å². The quantitative estimate of drug-likeness (QED) is 0.428. The summed E-state index contributed by atoms with van der Waals surface area (Å²) in [5, 5.41) is 4.26. The van der Waals surface area contributed by atoms with Crippen LogP contribution in [0.1, 0.15) is 34.7 Å². The van der Waals surface area contributed by atoms with Gasteiger partial charge in [0.2, 0.25) is 0 Å². The first-order valence-electron chi connectivity index (χ1n) is 10.4. The molecule has 154 valence electrons. The van der Waals surface area contributed by atoms with Crippen LogP contribution in [0.4, 0.5) is 5.69 Å². The van der Waals surface area contributed by atoms with Crippen molar-refractivity contribution < 1.29 is 0 Å². The molecule has 2 aromatic carbocycles. The average Bonchev–Trinajstić information content (AvgIpc) is 3.35. The van der Waals surface area contributed by atoms with Crippen LogP contribution in [0.3, 0.4) is 0 Å². The van der Waals surface area contributed by atoms with Gasteiger partial charge in [0, 0.05) is 29.0 Å². The molecule has 0 aliphatic carbocycles. The van der Waals surface area contributed by atoms with Gasteiger partial charge in [0.15, 0.2) is 5.11 Å². The number of pyridine rings is 1. The fraction of sp³-hybridized carbons (Fsp3) is 0.154. The molecule has 0 bridgehead atoms. The lowest BCUT2D eigenvalue weighted by atomic mass is 10.0. The van der Waals surface area contributed by atoms with Crippen LogP contribution in [0.15, 0.2) is 91.1 Å². The highest BCUT2D eigenvalue weighted by Crippen LogP contribution is 2.42. The molecule has 5 heteroatoms. The third kappa shape index (κ3) is 3.51. The molecule has 1 aliphatic heterocycles. The Morgan fingerprint density at radius 2 is 1.55 bits per heavy atom. The van der Waals surface area contributed by atoms with Gasteiger partial charge in [0.1, 0.15) is 6.04 Å². The fourth-order valence-corrected chi connectivity index (χ4v) is 4.70. The predicted octanol–water partition coefficient (Wildman–Crippen LogP) is 5.67.